The van der Waals surface area contributed by atoms with Gasteiger partial charge in [0.2, 0.25) is 0 Å². The summed E-state index contributed by atoms with van der Waals surface area (Å²) in [7, 11) is 0. The molecule has 0 heterocycles. The first-order valence-corrected chi connectivity index (χ1v) is 6.48. The summed E-state index contributed by atoms with van der Waals surface area (Å²) < 4.78 is 52.1. The summed E-state index contributed by atoms with van der Waals surface area (Å²) in [6.45, 7) is 0.975. The van der Waals surface area contributed by atoms with Crippen molar-refractivity contribution in [3.63, 3.8) is 0 Å². The number of halogens is 4. The van der Waals surface area contributed by atoms with Gasteiger partial charge in [-0.25, -0.2) is 4.39 Å². The molecule has 7 heteroatoms. The van der Waals surface area contributed by atoms with Gasteiger partial charge in [-0.1, -0.05) is 12.1 Å². The fraction of sp³-hybridized carbons (Fsp3) is 0.125. The summed E-state index contributed by atoms with van der Waals surface area (Å²) in [4.78, 5) is 23.6. The van der Waals surface area contributed by atoms with E-state index in [9.17, 15) is 27.2 Å². The molecule has 1 amide bonds. The predicted octanol–water partition coefficient (Wildman–Crippen LogP) is 4.30. The van der Waals surface area contributed by atoms with Crippen LogP contribution in [0.2, 0.25) is 0 Å². The number of rotatable bonds is 3. The van der Waals surface area contributed by atoms with Crippen LogP contribution in [0.1, 0.15) is 33.2 Å². The number of ketones is 1. The van der Waals surface area contributed by atoms with Crippen LogP contribution < -0.4 is 5.32 Å². The number of nitrogens with one attached hydrogen (secondary N) is 1. The number of hydrogen-bond donors (Lipinski definition) is 1. The first-order valence-electron chi connectivity index (χ1n) is 6.48. The summed E-state index contributed by atoms with van der Waals surface area (Å²) >= 11 is 0. The molecule has 0 bridgehead atoms. The smallest absolute Gasteiger partial charge is 0.321 e. The second kappa shape index (κ2) is 6.20. The third-order valence-corrected chi connectivity index (χ3v) is 3.06. The lowest BCUT2D eigenvalue weighted by atomic mass is 10.0. The Labute approximate surface area is 128 Å². The molecule has 0 atom stereocenters. The summed E-state index contributed by atoms with van der Waals surface area (Å²) in [6.07, 6.45) is -4.74. The zero-order valence-corrected chi connectivity index (χ0v) is 11.9. The first-order chi connectivity index (χ1) is 10.7. The minimum atomic E-state index is -4.74. The van der Waals surface area contributed by atoms with Gasteiger partial charge in [0, 0.05) is 5.56 Å². The largest absolute Gasteiger partial charge is 0.417 e. The van der Waals surface area contributed by atoms with Gasteiger partial charge in [-0.2, -0.15) is 13.2 Å². The topological polar surface area (TPSA) is 46.2 Å². The van der Waals surface area contributed by atoms with Gasteiger partial charge in [0.25, 0.3) is 5.91 Å². The van der Waals surface area contributed by atoms with Crippen molar-refractivity contribution in [1.82, 2.24) is 0 Å². The number of carbonyl (C=O) groups is 2. The summed E-state index contributed by atoms with van der Waals surface area (Å²) in [6, 6.07) is 7.69. The van der Waals surface area contributed by atoms with Gasteiger partial charge >= 0.3 is 6.18 Å². The average Bonchev–Trinajstić information content (AvgIpc) is 2.45. The molecule has 1 N–H and O–H groups in total. The van der Waals surface area contributed by atoms with Crippen LogP contribution in [-0.4, -0.2) is 11.7 Å². The van der Waals surface area contributed by atoms with E-state index in [2.05, 4.69) is 5.32 Å². The lowest BCUT2D eigenvalue weighted by Crippen LogP contribution is -2.18. The SMILES string of the molecule is CC(=O)c1c(NC(=O)c2cccc(F)c2)cccc1C(F)(F)F. The third kappa shape index (κ3) is 3.74. The number of hydrogen-bond acceptors (Lipinski definition) is 2. The molecule has 2 aromatic carbocycles. The zero-order valence-electron chi connectivity index (χ0n) is 11.9. The average molecular weight is 325 g/mol. The second-order valence-corrected chi connectivity index (χ2v) is 4.75. The molecule has 0 unspecified atom stereocenters. The Morgan fingerprint density at radius 2 is 1.70 bits per heavy atom. The van der Waals surface area contributed by atoms with Crippen LogP contribution in [0.5, 0.6) is 0 Å². The van der Waals surface area contributed by atoms with Crippen molar-refractivity contribution >= 4 is 17.4 Å². The first kappa shape index (κ1) is 16.7. The van der Waals surface area contributed by atoms with E-state index in [-0.39, 0.29) is 11.3 Å². The minimum absolute atomic E-state index is 0.0723. The highest BCUT2D eigenvalue weighted by molar-refractivity contribution is 6.09. The maximum atomic E-state index is 13.1. The number of amides is 1. The van der Waals surface area contributed by atoms with Gasteiger partial charge in [-0.15, -0.1) is 0 Å². The van der Waals surface area contributed by atoms with Crippen LogP contribution in [0.3, 0.4) is 0 Å². The van der Waals surface area contributed by atoms with Crippen LogP contribution >= 0.6 is 0 Å². The normalized spacial score (nSPS) is 11.2. The molecule has 0 radical (unpaired) electrons. The molecule has 23 heavy (non-hydrogen) atoms. The molecule has 0 fully saturated rings. The minimum Gasteiger partial charge on any atom is -0.321 e. The standard InChI is InChI=1S/C16H11F4NO2/c1-9(22)14-12(16(18,19)20)6-3-7-13(14)21-15(23)10-4-2-5-11(17)8-10/h2-8H,1H3,(H,21,23). The van der Waals surface area contributed by atoms with Crippen LogP contribution in [0, 0.1) is 5.82 Å². The van der Waals surface area contributed by atoms with Crippen LogP contribution in [0.25, 0.3) is 0 Å². The second-order valence-electron chi connectivity index (χ2n) is 4.75. The molecule has 0 saturated heterocycles. The number of Topliss-reactive ketones (excluding diaryl/α,β-unsaturated/α-hetero) is 1. The fourth-order valence-corrected chi connectivity index (χ4v) is 2.10. The van der Waals surface area contributed by atoms with E-state index in [0.29, 0.717) is 0 Å². The molecular weight excluding hydrogens is 314 g/mol. The van der Waals surface area contributed by atoms with Crippen molar-refractivity contribution in [3.8, 4) is 0 Å². The summed E-state index contributed by atoms with van der Waals surface area (Å²) in [5.74, 6) is -2.31. The van der Waals surface area contributed by atoms with Gasteiger partial charge in [0.15, 0.2) is 5.78 Å². The van der Waals surface area contributed by atoms with E-state index in [4.69, 9.17) is 0 Å². The Bertz CT molecular complexity index is 769. The quantitative estimate of drug-likeness (QED) is 0.675. The van der Waals surface area contributed by atoms with Crippen LogP contribution in [0.4, 0.5) is 23.2 Å². The Kier molecular flexibility index (Phi) is 4.49. The molecular formula is C16H11F4NO2. The number of anilines is 1. The van der Waals surface area contributed by atoms with Gasteiger partial charge < -0.3 is 5.32 Å². The highest BCUT2D eigenvalue weighted by Crippen LogP contribution is 2.35. The molecule has 2 aromatic rings. The van der Waals surface area contributed by atoms with Crippen molar-refractivity contribution < 1.29 is 27.2 Å². The maximum Gasteiger partial charge on any atom is 0.417 e. The monoisotopic (exact) mass is 325 g/mol. The van der Waals surface area contributed by atoms with Crippen molar-refractivity contribution in [2.75, 3.05) is 5.32 Å². The van der Waals surface area contributed by atoms with E-state index >= 15 is 0 Å². The predicted molar refractivity (Wildman–Crippen MR) is 75.8 cm³/mol. The van der Waals surface area contributed by atoms with Gasteiger partial charge in [0.05, 0.1) is 16.8 Å². The number of carbonyl (C=O) groups excluding carboxylic acids is 2. The Balaban J connectivity index is 2.44. The van der Waals surface area contributed by atoms with Gasteiger partial charge in [-0.3, -0.25) is 9.59 Å². The molecule has 0 aliphatic heterocycles. The molecule has 0 aliphatic rings. The zero-order chi connectivity index (χ0) is 17.2. The lowest BCUT2D eigenvalue weighted by Gasteiger charge is -2.15. The molecule has 120 valence electrons. The van der Waals surface area contributed by atoms with Crippen LogP contribution in [0.15, 0.2) is 42.5 Å². The van der Waals surface area contributed by atoms with Crippen molar-refractivity contribution in [2.24, 2.45) is 0 Å². The number of alkyl halides is 3. The van der Waals surface area contributed by atoms with Gasteiger partial charge in [-0.05, 0) is 37.3 Å². The maximum absolute atomic E-state index is 13.1. The van der Waals surface area contributed by atoms with Crippen molar-refractivity contribution in [1.29, 1.82) is 0 Å². The molecule has 3 nitrogen and oxygen atoms in total. The third-order valence-electron chi connectivity index (χ3n) is 3.06. The Morgan fingerprint density at radius 1 is 1.04 bits per heavy atom. The Hall–Kier alpha value is -2.70. The molecule has 0 saturated carbocycles. The summed E-state index contributed by atoms with van der Waals surface area (Å²) in [5, 5.41) is 2.22. The lowest BCUT2D eigenvalue weighted by molar-refractivity contribution is -0.137. The van der Waals surface area contributed by atoms with Crippen molar-refractivity contribution in [2.45, 2.75) is 13.1 Å². The summed E-state index contributed by atoms with van der Waals surface area (Å²) in [5.41, 5.74) is -2.12. The molecule has 0 aliphatic carbocycles. The highest BCUT2D eigenvalue weighted by Gasteiger charge is 2.35. The van der Waals surface area contributed by atoms with E-state index in [1.807, 2.05) is 0 Å². The highest BCUT2D eigenvalue weighted by atomic mass is 19.4. The van der Waals surface area contributed by atoms with Gasteiger partial charge in [0.1, 0.15) is 5.82 Å². The molecule has 0 spiro atoms. The van der Waals surface area contributed by atoms with Crippen molar-refractivity contribution in [3.05, 3.63) is 65.0 Å². The van der Waals surface area contributed by atoms with E-state index < -0.39 is 34.8 Å². The fourth-order valence-electron chi connectivity index (χ4n) is 2.10. The van der Waals surface area contributed by atoms with E-state index in [0.717, 1.165) is 31.2 Å². The Morgan fingerprint density at radius 3 is 2.26 bits per heavy atom. The number of benzene rings is 2. The van der Waals surface area contributed by atoms with E-state index in [1.54, 1.807) is 0 Å². The van der Waals surface area contributed by atoms with E-state index in [1.165, 1.54) is 18.2 Å². The van der Waals surface area contributed by atoms with Crippen LogP contribution in [-0.2, 0) is 6.18 Å². The molecule has 2 rings (SSSR count). The molecule has 0 aromatic heterocycles.